The lowest BCUT2D eigenvalue weighted by Crippen LogP contribution is -2.55. The van der Waals surface area contributed by atoms with E-state index in [0.29, 0.717) is 36.1 Å². The first-order chi connectivity index (χ1) is 35.2. The van der Waals surface area contributed by atoms with Crippen LogP contribution in [0.4, 0.5) is 11.4 Å². The number of hydrogen-bond acceptors (Lipinski definition) is 9. The van der Waals surface area contributed by atoms with E-state index in [0.717, 1.165) is 149 Å². The Morgan fingerprint density at radius 1 is 0.849 bits per heavy atom. The van der Waals surface area contributed by atoms with Gasteiger partial charge in [-0.2, -0.15) is 0 Å². The molecule has 0 spiro atoms. The number of imide groups is 1. The molecular formula is C60H74N8O5. The van der Waals surface area contributed by atoms with E-state index < -0.39 is 11.5 Å². The number of nitrogens with one attached hydrogen (secondary N) is 2. The largest absolute Gasteiger partial charge is 0.384 e. The number of pyridine rings is 2. The SMILES string of the molecule is CC1Cc2nccc(-n3ccc4c(c3=O)CCN4)c2C=C1[C@H](C)N1CCC(c2ccc(C(=O)N3CCC(CN4CCCC(Cc5ccc6c(c5)C(C)(C)C(=O)N6C5CCC(=O)NC5=O)C[C@@H]4C)CC3)cc2)CC1. The van der Waals surface area contributed by atoms with Gasteiger partial charge in [-0.05, 0) is 200 Å². The lowest BCUT2D eigenvalue weighted by atomic mass is 9.81. The van der Waals surface area contributed by atoms with Crippen molar-refractivity contribution in [3.05, 3.63) is 122 Å². The van der Waals surface area contributed by atoms with Gasteiger partial charge in [0, 0.05) is 85.1 Å². The number of carbonyl (C=O) groups excluding carboxylic acids is 4. The van der Waals surface area contributed by atoms with Crippen LogP contribution < -0.4 is 21.1 Å². The van der Waals surface area contributed by atoms with Gasteiger partial charge in [-0.25, -0.2) is 0 Å². The molecule has 3 unspecified atom stereocenters. The maximum Gasteiger partial charge on any atom is 0.260 e. The fourth-order valence-corrected chi connectivity index (χ4v) is 13.9. The summed E-state index contributed by atoms with van der Waals surface area (Å²) in [5.41, 5.74) is 10.7. The molecule has 2 N–H and O–H groups in total. The van der Waals surface area contributed by atoms with Crippen LogP contribution in [-0.4, -0.2) is 112 Å². The monoisotopic (exact) mass is 987 g/mol. The number of benzene rings is 2. The zero-order valence-corrected chi connectivity index (χ0v) is 43.6. The van der Waals surface area contributed by atoms with Crippen molar-refractivity contribution in [2.24, 2.45) is 17.8 Å². The number of likely N-dealkylation sites (tertiary alicyclic amines) is 3. The summed E-state index contributed by atoms with van der Waals surface area (Å²) in [6, 6.07) is 19.0. The third-order valence-corrected chi connectivity index (χ3v) is 18.3. The Labute approximate surface area is 430 Å². The third kappa shape index (κ3) is 9.49. The highest BCUT2D eigenvalue weighted by atomic mass is 16.2. The first-order valence-corrected chi connectivity index (χ1v) is 27.6. The molecule has 0 saturated carbocycles. The summed E-state index contributed by atoms with van der Waals surface area (Å²) < 4.78 is 1.82. The summed E-state index contributed by atoms with van der Waals surface area (Å²) in [7, 11) is 0. The lowest BCUT2D eigenvalue weighted by Gasteiger charge is -2.39. The first-order valence-electron chi connectivity index (χ1n) is 27.6. The number of aromatic nitrogens is 2. The number of carbonyl (C=O) groups is 4. The van der Waals surface area contributed by atoms with Crippen LogP contribution in [0, 0.1) is 17.8 Å². The van der Waals surface area contributed by atoms with Crippen LogP contribution in [0.25, 0.3) is 11.8 Å². The molecule has 0 radical (unpaired) electrons. The van der Waals surface area contributed by atoms with Crippen LogP contribution in [-0.2, 0) is 39.1 Å². The number of anilines is 2. The van der Waals surface area contributed by atoms with Crippen molar-refractivity contribution in [3.63, 3.8) is 0 Å². The minimum atomic E-state index is -0.745. The van der Waals surface area contributed by atoms with Crippen molar-refractivity contribution in [1.82, 2.24) is 29.6 Å². The van der Waals surface area contributed by atoms with E-state index in [1.807, 2.05) is 49.0 Å². The molecule has 4 saturated heterocycles. The second-order valence-electron chi connectivity index (χ2n) is 23.3. The normalized spacial score (nSPS) is 25.3. The van der Waals surface area contributed by atoms with Crippen molar-refractivity contribution in [2.75, 3.05) is 56.0 Å². The zero-order chi connectivity index (χ0) is 50.7. The molecule has 4 amide bonds. The minimum Gasteiger partial charge on any atom is -0.384 e. The summed E-state index contributed by atoms with van der Waals surface area (Å²) >= 11 is 0. The highest BCUT2D eigenvalue weighted by Gasteiger charge is 2.49. The number of nitrogens with zero attached hydrogens (tertiary/aromatic N) is 6. The molecule has 4 fully saturated rings. The number of amides is 4. The molecule has 11 rings (SSSR count). The van der Waals surface area contributed by atoms with Gasteiger partial charge in [0.25, 0.3) is 11.5 Å². The number of piperidine rings is 3. The Balaban J connectivity index is 0.647. The van der Waals surface area contributed by atoms with Crippen molar-refractivity contribution >= 4 is 41.1 Å². The van der Waals surface area contributed by atoms with E-state index in [1.165, 1.54) is 23.1 Å². The van der Waals surface area contributed by atoms with Crippen LogP contribution >= 0.6 is 0 Å². The van der Waals surface area contributed by atoms with Gasteiger partial charge in [0.15, 0.2) is 0 Å². The van der Waals surface area contributed by atoms with Crippen LogP contribution in [0.2, 0.25) is 0 Å². The predicted molar refractivity (Wildman–Crippen MR) is 286 cm³/mol. The average molecular weight is 987 g/mol. The smallest absolute Gasteiger partial charge is 0.260 e. The van der Waals surface area contributed by atoms with Crippen LogP contribution in [0.15, 0.2) is 77.4 Å². The Kier molecular flexibility index (Phi) is 13.6. The second-order valence-corrected chi connectivity index (χ2v) is 23.3. The van der Waals surface area contributed by atoms with Gasteiger partial charge in [-0.3, -0.25) is 48.6 Å². The average Bonchev–Trinajstić information content (AvgIpc) is 3.90. The minimum absolute atomic E-state index is 0.0589. The summed E-state index contributed by atoms with van der Waals surface area (Å²) in [6.07, 6.45) is 16.9. The van der Waals surface area contributed by atoms with Gasteiger partial charge in [0.05, 0.1) is 16.8 Å². The lowest BCUT2D eigenvalue weighted by molar-refractivity contribution is -0.136. The number of hydrogen-bond donors (Lipinski definition) is 2. The number of rotatable bonds is 10. The van der Waals surface area contributed by atoms with Crippen molar-refractivity contribution in [2.45, 2.75) is 141 Å². The highest BCUT2D eigenvalue weighted by molar-refractivity contribution is 6.13. The van der Waals surface area contributed by atoms with Crippen molar-refractivity contribution < 1.29 is 19.2 Å². The summed E-state index contributed by atoms with van der Waals surface area (Å²) in [5.74, 6) is 1.34. The topological polar surface area (TPSA) is 140 Å². The maximum atomic E-state index is 13.9. The van der Waals surface area contributed by atoms with Crippen molar-refractivity contribution in [3.8, 4) is 5.69 Å². The first kappa shape index (κ1) is 49.3. The molecule has 5 atom stereocenters. The molecule has 13 heteroatoms. The maximum absolute atomic E-state index is 13.9. The molecule has 0 bridgehead atoms. The van der Waals surface area contributed by atoms with Gasteiger partial charge in [-0.1, -0.05) is 31.2 Å². The number of fused-ring (bicyclic) bond motifs is 3. The fraction of sp³-hybridized carbons (Fsp3) is 0.533. The molecule has 7 aliphatic rings. The fourth-order valence-electron chi connectivity index (χ4n) is 13.9. The molecule has 8 heterocycles. The van der Waals surface area contributed by atoms with Gasteiger partial charge in [-0.15, -0.1) is 0 Å². The summed E-state index contributed by atoms with van der Waals surface area (Å²) in [5, 5.41) is 5.77. The van der Waals surface area contributed by atoms with E-state index >= 15 is 0 Å². The molecular weight excluding hydrogens is 913 g/mol. The molecule has 6 aliphatic heterocycles. The standard InChI is InChI=1S/C60H74N8O5/c1-37-31-51-48(52(17-24-62-51)67-30-22-50-46(58(67)72)16-23-61-50)35-47(37)39(3)64-28-20-44(21-29-64)43-9-11-45(12-10-43)57(71)65-26-18-40(19-27-65)36-66-25-6-7-41(32-38(66)2)33-42-8-13-53-49(34-42)60(4,5)59(73)68(53)54-14-15-55(69)63-56(54)70/h8-13,17,22,24,30,34-35,37-41,44,54,61H,6-7,14-16,18-21,23,25-29,31-33,36H2,1-5H3,(H,63,69,70)/t37?,38-,39-,41?,54?/m0/s1. The van der Waals surface area contributed by atoms with Crippen LogP contribution in [0.3, 0.4) is 0 Å². The van der Waals surface area contributed by atoms with E-state index in [4.69, 9.17) is 4.98 Å². The molecule has 384 valence electrons. The van der Waals surface area contributed by atoms with E-state index in [2.05, 4.69) is 88.6 Å². The third-order valence-electron chi connectivity index (χ3n) is 18.3. The molecule has 4 aromatic rings. The zero-order valence-electron chi connectivity index (χ0n) is 43.6. The molecule has 2 aromatic heterocycles. The van der Waals surface area contributed by atoms with Gasteiger partial charge in [0.2, 0.25) is 17.7 Å². The quantitative estimate of drug-likeness (QED) is 0.151. The van der Waals surface area contributed by atoms with E-state index in [9.17, 15) is 24.0 Å². The summed E-state index contributed by atoms with van der Waals surface area (Å²) in [6.45, 7) is 17.5. The Hall–Kier alpha value is -5.92. The van der Waals surface area contributed by atoms with Gasteiger partial charge in [0.1, 0.15) is 6.04 Å². The Bertz CT molecular complexity index is 2890. The van der Waals surface area contributed by atoms with Crippen LogP contribution in [0.1, 0.15) is 142 Å². The molecule has 2 aromatic carbocycles. The highest BCUT2D eigenvalue weighted by Crippen LogP contribution is 2.45. The molecule has 1 aliphatic carbocycles. The molecule has 73 heavy (non-hydrogen) atoms. The second kappa shape index (κ2) is 20.1. The molecule has 13 nitrogen and oxygen atoms in total. The Morgan fingerprint density at radius 3 is 2.40 bits per heavy atom. The van der Waals surface area contributed by atoms with E-state index in [-0.39, 0.29) is 41.7 Å². The van der Waals surface area contributed by atoms with Crippen LogP contribution in [0.5, 0.6) is 0 Å². The van der Waals surface area contributed by atoms with Gasteiger partial charge < -0.3 is 15.1 Å². The summed E-state index contributed by atoms with van der Waals surface area (Å²) in [4.78, 5) is 79.7. The Morgan fingerprint density at radius 2 is 1.63 bits per heavy atom. The van der Waals surface area contributed by atoms with E-state index in [1.54, 1.807) is 4.90 Å². The van der Waals surface area contributed by atoms with Gasteiger partial charge >= 0.3 is 0 Å². The van der Waals surface area contributed by atoms with Crippen molar-refractivity contribution in [1.29, 1.82) is 0 Å². The predicted octanol–water partition coefficient (Wildman–Crippen LogP) is 8.06.